The predicted molar refractivity (Wildman–Crippen MR) is 42.5 cm³/mol. The molecule has 0 unspecified atom stereocenters. The molecule has 0 aliphatic rings. The summed E-state index contributed by atoms with van der Waals surface area (Å²) >= 11 is 1.36. The topological polar surface area (TPSA) is 0 Å². The molecule has 1 aromatic carbocycles. The first kappa shape index (κ1) is 7.35. The number of hydrogen-bond acceptors (Lipinski definition) is 1. The highest BCUT2D eigenvalue weighted by Crippen LogP contribution is 2.17. The van der Waals surface area contributed by atoms with Gasteiger partial charge in [0.25, 0.3) is 0 Å². The average molecular weight is 154 g/mol. The van der Waals surface area contributed by atoms with Gasteiger partial charge < -0.3 is 0 Å². The molecule has 0 N–H and O–H groups in total. The Hall–Kier alpha value is -0.760. The standard InChI is InChI=1S/C8H7FS/c9-6-7-10-8-4-2-1-3-5-8/h1-7H/b7-6+. The lowest BCUT2D eigenvalue weighted by Gasteiger charge is -1.90. The quantitative estimate of drug-likeness (QED) is 0.589. The van der Waals surface area contributed by atoms with E-state index in [1.54, 1.807) is 0 Å². The minimum Gasteiger partial charge on any atom is -0.215 e. The van der Waals surface area contributed by atoms with Crippen LogP contribution in [0.3, 0.4) is 0 Å². The van der Waals surface area contributed by atoms with Crippen LogP contribution in [0.25, 0.3) is 0 Å². The maximum Gasteiger partial charge on any atom is 0.0933 e. The van der Waals surface area contributed by atoms with Crippen molar-refractivity contribution in [3.05, 3.63) is 42.1 Å². The smallest absolute Gasteiger partial charge is 0.0933 e. The van der Waals surface area contributed by atoms with Crippen LogP contribution in [-0.4, -0.2) is 0 Å². The molecule has 0 aliphatic heterocycles. The van der Waals surface area contributed by atoms with E-state index in [0.29, 0.717) is 6.33 Å². The molecule has 0 bridgehead atoms. The highest BCUT2D eigenvalue weighted by Gasteiger charge is 1.84. The van der Waals surface area contributed by atoms with Crippen LogP contribution in [0.15, 0.2) is 47.0 Å². The third-order valence-electron chi connectivity index (χ3n) is 0.999. The van der Waals surface area contributed by atoms with Crippen LogP contribution >= 0.6 is 11.8 Å². The number of hydrogen-bond donors (Lipinski definition) is 0. The summed E-state index contributed by atoms with van der Waals surface area (Å²) in [5, 5.41) is 1.41. The van der Waals surface area contributed by atoms with E-state index in [4.69, 9.17) is 0 Å². The van der Waals surface area contributed by atoms with E-state index < -0.39 is 0 Å². The Labute approximate surface area is 63.8 Å². The van der Waals surface area contributed by atoms with Crippen LogP contribution in [0.5, 0.6) is 0 Å². The molecular formula is C8H7FS. The summed E-state index contributed by atoms with van der Waals surface area (Å²) in [7, 11) is 0. The average Bonchev–Trinajstić information content (AvgIpc) is 2.03. The van der Waals surface area contributed by atoms with Crippen LogP contribution in [0.2, 0.25) is 0 Å². The normalized spacial score (nSPS) is 10.5. The molecule has 2 heteroatoms. The van der Waals surface area contributed by atoms with Crippen LogP contribution in [0.1, 0.15) is 0 Å². The maximum absolute atomic E-state index is 11.5. The van der Waals surface area contributed by atoms with E-state index in [9.17, 15) is 4.39 Å². The Balaban J connectivity index is 2.59. The summed E-state index contributed by atoms with van der Waals surface area (Å²) in [6.45, 7) is 0. The number of benzene rings is 1. The van der Waals surface area contributed by atoms with Gasteiger partial charge in [-0.3, -0.25) is 0 Å². The Morgan fingerprint density at radius 2 is 1.90 bits per heavy atom. The van der Waals surface area contributed by atoms with Crippen LogP contribution < -0.4 is 0 Å². The van der Waals surface area contributed by atoms with Gasteiger partial charge in [-0.2, -0.15) is 0 Å². The second-order valence-electron chi connectivity index (χ2n) is 1.69. The minimum absolute atomic E-state index is 0.539. The second kappa shape index (κ2) is 4.12. The summed E-state index contributed by atoms with van der Waals surface area (Å²) < 4.78 is 11.5. The molecule has 52 valence electrons. The van der Waals surface area contributed by atoms with Crippen molar-refractivity contribution in [1.82, 2.24) is 0 Å². The first-order chi connectivity index (χ1) is 4.93. The van der Waals surface area contributed by atoms with Crippen LogP contribution in [-0.2, 0) is 0 Å². The highest BCUT2D eigenvalue weighted by atomic mass is 32.2. The summed E-state index contributed by atoms with van der Waals surface area (Å²) in [5.41, 5.74) is 0. The molecule has 0 radical (unpaired) electrons. The Kier molecular flexibility index (Phi) is 3.03. The van der Waals surface area contributed by atoms with Gasteiger partial charge in [-0.25, -0.2) is 4.39 Å². The molecule has 1 aromatic rings. The third kappa shape index (κ3) is 2.23. The van der Waals surface area contributed by atoms with Gasteiger partial charge >= 0.3 is 0 Å². The molecule has 0 saturated carbocycles. The minimum atomic E-state index is 0.539. The van der Waals surface area contributed by atoms with Gasteiger partial charge in [0.2, 0.25) is 0 Å². The van der Waals surface area contributed by atoms with Gasteiger partial charge in [0.05, 0.1) is 6.33 Å². The second-order valence-corrected chi connectivity index (χ2v) is 2.67. The van der Waals surface area contributed by atoms with Crippen molar-refractivity contribution in [3.63, 3.8) is 0 Å². The zero-order valence-corrected chi connectivity index (χ0v) is 6.14. The predicted octanol–water partition coefficient (Wildman–Crippen LogP) is 3.22. The number of halogens is 1. The highest BCUT2D eigenvalue weighted by molar-refractivity contribution is 8.02. The summed E-state index contributed by atoms with van der Waals surface area (Å²) in [6.07, 6.45) is 0.539. The van der Waals surface area contributed by atoms with E-state index in [1.807, 2.05) is 30.3 Å². The van der Waals surface area contributed by atoms with Crippen molar-refractivity contribution in [2.75, 3.05) is 0 Å². The Morgan fingerprint density at radius 3 is 2.50 bits per heavy atom. The van der Waals surface area contributed by atoms with E-state index >= 15 is 0 Å². The Bertz CT molecular complexity index is 206. The molecule has 0 aromatic heterocycles. The van der Waals surface area contributed by atoms with Crippen molar-refractivity contribution in [1.29, 1.82) is 0 Å². The van der Waals surface area contributed by atoms with Crippen molar-refractivity contribution in [2.45, 2.75) is 4.90 Å². The molecule has 0 amide bonds. The molecular weight excluding hydrogens is 147 g/mol. The lowest BCUT2D eigenvalue weighted by molar-refractivity contribution is 0.723. The van der Waals surface area contributed by atoms with Gasteiger partial charge in [0.15, 0.2) is 0 Å². The van der Waals surface area contributed by atoms with E-state index in [1.165, 1.54) is 17.2 Å². The van der Waals surface area contributed by atoms with Crippen molar-refractivity contribution >= 4 is 11.8 Å². The van der Waals surface area contributed by atoms with Crippen LogP contribution in [0, 0.1) is 0 Å². The van der Waals surface area contributed by atoms with Gasteiger partial charge in [0.1, 0.15) is 0 Å². The van der Waals surface area contributed by atoms with Gasteiger partial charge in [-0.1, -0.05) is 30.0 Å². The van der Waals surface area contributed by atoms with Crippen molar-refractivity contribution < 1.29 is 4.39 Å². The van der Waals surface area contributed by atoms with Gasteiger partial charge in [0, 0.05) is 10.3 Å². The number of thioether (sulfide) groups is 1. The first-order valence-corrected chi connectivity index (χ1v) is 3.78. The number of rotatable bonds is 2. The van der Waals surface area contributed by atoms with E-state index in [-0.39, 0.29) is 0 Å². The first-order valence-electron chi connectivity index (χ1n) is 2.90. The van der Waals surface area contributed by atoms with Crippen LogP contribution in [0.4, 0.5) is 4.39 Å². The molecule has 0 fully saturated rings. The van der Waals surface area contributed by atoms with Gasteiger partial charge in [-0.15, -0.1) is 0 Å². The SMILES string of the molecule is F/C=C/Sc1ccccc1. The third-order valence-corrected chi connectivity index (χ3v) is 1.78. The molecule has 0 heterocycles. The zero-order valence-electron chi connectivity index (χ0n) is 5.33. The molecule has 0 atom stereocenters. The molecule has 0 nitrogen and oxygen atoms in total. The molecule has 0 aliphatic carbocycles. The molecule has 10 heavy (non-hydrogen) atoms. The summed E-state index contributed by atoms with van der Waals surface area (Å²) in [4.78, 5) is 1.05. The van der Waals surface area contributed by atoms with E-state index in [2.05, 4.69) is 0 Å². The van der Waals surface area contributed by atoms with E-state index in [0.717, 1.165) is 4.90 Å². The van der Waals surface area contributed by atoms with Crippen molar-refractivity contribution in [2.24, 2.45) is 0 Å². The monoisotopic (exact) mass is 154 g/mol. The Morgan fingerprint density at radius 1 is 1.20 bits per heavy atom. The largest absolute Gasteiger partial charge is 0.215 e. The van der Waals surface area contributed by atoms with Crippen molar-refractivity contribution in [3.8, 4) is 0 Å². The molecule has 1 rings (SSSR count). The lowest BCUT2D eigenvalue weighted by Crippen LogP contribution is -1.62. The lowest BCUT2D eigenvalue weighted by atomic mass is 10.4. The fourth-order valence-corrected chi connectivity index (χ4v) is 1.13. The van der Waals surface area contributed by atoms with Gasteiger partial charge in [-0.05, 0) is 12.1 Å². The zero-order chi connectivity index (χ0) is 7.23. The molecule has 0 saturated heterocycles. The fraction of sp³-hybridized carbons (Fsp3) is 0. The fourth-order valence-electron chi connectivity index (χ4n) is 0.603. The maximum atomic E-state index is 11.5. The summed E-state index contributed by atoms with van der Waals surface area (Å²) in [6, 6.07) is 9.65. The summed E-state index contributed by atoms with van der Waals surface area (Å²) in [5.74, 6) is 0. The molecule has 0 spiro atoms.